The van der Waals surface area contributed by atoms with E-state index < -0.39 is 16.1 Å². The van der Waals surface area contributed by atoms with Crippen molar-refractivity contribution in [2.24, 2.45) is 0 Å². The lowest BCUT2D eigenvalue weighted by Crippen LogP contribution is -2.52. The van der Waals surface area contributed by atoms with Crippen LogP contribution in [0.25, 0.3) is 6.08 Å². The van der Waals surface area contributed by atoms with E-state index in [0.717, 1.165) is 67.5 Å². The number of anilines is 1. The Hall–Kier alpha value is -2.86. The topological polar surface area (TPSA) is 103 Å². The summed E-state index contributed by atoms with van der Waals surface area (Å²) in [4.78, 5) is 2.36. The van der Waals surface area contributed by atoms with E-state index in [9.17, 15) is 13.5 Å². The number of sulfonamides is 1. The number of nitrogens with one attached hydrogen (secondary N) is 1. The van der Waals surface area contributed by atoms with Crippen LogP contribution in [-0.4, -0.2) is 49.4 Å². The first-order chi connectivity index (χ1) is 15.8. The molecule has 5 rings (SSSR count). The maximum absolute atomic E-state index is 11.5. The number of piperidine rings is 1. The molecule has 2 N–H and O–H groups in total. The summed E-state index contributed by atoms with van der Waals surface area (Å²) in [7, 11) is -3.33. The number of ether oxygens (including phenoxy) is 1. The van der Waals surface area contributed by atoms with E-state index in [4.69, 9.17) is 10.00 Å². The third kappa shape index (κ3) is 4.36. The SMILES string of the molecule is CS(=O)(=O)Nc1ccc2c(c1)C=CC1(CCN([C@@H]3CCc4cc(C#N)ccc4C3O)CC1)O2. The summed E-state index contributed by atoms with van der Waals surface area (Å²) in [6.45, 7) is 1.64. The second-order valence-electron chi connectivity index (χ2n) is 9.24. The van der Waals surface area contributed by atoms with Gasteiger partial charge in [-0.1, -0.05) is 12.1 Å². The minimum absolute atomic E-state index is 0.0623. The van der Waals surface area contributed by atoms with Crippen LogP contribution in [0.2, 0.25) is 0 Å². The van der Waals surface area contributed by atoms with Crippen LogP contribution in [0.3, 0.4) is 0 Å². The summed E-state index contributed by atoms with van der Waals surface area (Å²) in [5.74, 6) is 0.755. The van der Waals surface area contributed by atoms with Gasteiger partial charge < -0.3 is 9.84 Å². The van der Waals surface area contributed by atoms with Crippen molar-refractivity contribution in [3.8, 4) is 11.8 Å². The third-order valence-electron chi connectivity index (χ3n) is 6.97. The molecule has 7 nitrogen and oxygen atoms in total. The molecule has 2 aromatic rings. The number of benzene rings is 2. The highest BCUT2D eigenvalue weighted by Crippen LogP contribution is 2.41. The number of rotatable bonds is 3. The molecule has 0 radical (unpaired) electrons. The molecular formula is C25H27N3O4S. The van der Waals surface area contributed by atoms with Crippen molar-refractivity contribution in [3.63, 3.8) is 0 Å². The first-order valence-electron chi connectivity index (χ1n) is 11.2. The molecule has 2 aromatic carbocycles. The summed E-state index contributed by atoms with van der Waals surface area (Å²) < 4.78 is 31.9. The van der Waals surface area contributed by atoms with Crippen molar-refractivity contribution in [1.82, 2.24) is 4.90 Å². The molecule has 0 amide bonds. The Bertz CT molecular complexity index is 1260. The number of aryl methyl sites for hydroxylation is 1. The lowest BCUT2D eigenvalue weighted by molar-refractivity contribution is -0.0190. The first-order valence-corrected chi connectivity index (χ1v) is 13.1. The zero-order valence-electron chi connectivity index (χ0n) is 18.5. The van der Waals surface area contributed by atoms with Gasteiger partial charge in [0.1, 0.15) is 11.4 Å². The van der Waals surface area contributed by atoms with Crippen molar-refractivity contribution in [3.05, 3.63) is 64.7 Å². The Kier molecular flexibility index (Phi) is 5.44. The molecule has 2 atom stereocenters. The molecule has 1 unspecified atom stereocenters. The fourth-order valence-electron chi connectivity index (χ4n) is 5.28. The molecule has 1 aliphatic carbocycles. The van der Waals surface area contributed by atoms with Crippen molar-refractivity contribution < 1.29 is 18.3 Å². The van der Waals surface area contributed by atoms with Crippen LogP contribution < -0.4 is 9.46 Å². The van der Waals surface area contributed by atoms with Gasteiger partial charge in [-0.05, 0) is 60.4 Å². The average Bonchev–Trinajstić information content (AvgIpc) is 2.79. The van der Waals surface area contributed by atoms with Gasteiger partial charge in [0.2, 0.25) is 10.0 Å². The van der Waals surface area contributed by atoms with E-state index in [2.05, 4.69) is 21.8 Å². The van der Waals surface area contributed by atoms with Gasteiger partial charge in [0.05, 0.1) is 24.0 Å². The molecule has 0 bridgehead atoms. The summed E-state index contributed by atoms with van der Waals surface area (Å²) in [5, 5.41) is 20.2. The predicted octanol–water partition coefficient (Wildman–Crippen LogP) is 3.22. The van der Waals surface area contributed by atoms with Crippen LogP contribution in [-0.2, 0) is 16.4 Å². The Morgan fingerprint density at radius 2 is 2.00 bits per heavy atom. The number of fused-ring (bicyclic) bond motifs is 2. The number of nitriles is 1. The van der Waals surface area contributed by atoms with Crippen molar-refractivity contribution in [2.45, 2.75) is 43.4 Å². The molecule has 2 aliphatic heterocycles. The fourth-order valence-corrected chi connectivity index (χ4v) is 5.83. The Morgan fingerprint density at radius 1 is 1.21 bits per heavy atom. The number of likely N-dealkylation sites (tertiary alicyclic amines) is 1. The molecule has 172 valence electrons. The van der Waals surface area contributed by atoms with E-state index >= 15 is 0 Å². The summed E-state index contributed by atoms with van der Waals surface area (Å²) in [5.41, 5.74) is 3.64. The van der Waals surface area contributed by atoms with Crippen LogP contribution in [0.5, 0.6) is 5.75 Å². The molecule has 1 saturated heterocycles. The summed E-state index contributed by atoms with van der Waals surface area (Å²) >= 11 is 0. The monoisotopic (exact) mass is 465 g/mol. The van der Waals surface area contributed by atoms with Gasteiger partial charge in [-0.25, -0.2) is 8.42 Å². The number of aliphatic hydroxyl groups excluding tert-OH is 1. The minimum atomic E-state index is -3.33. The maximum atomic E-state index is 11.5. The normalized spacial score (nSPS) is 23.8. The fraction of sp³-hybridized carbons (Fsp3) is 0.400. The summed E-state index contributed by atoms with van der Waals surface area (Å²) in [6.07, 6.45) is 8.04. The summed E-state index contributed by atoms with van der Waals surface area (Å²) in [6, 6.07) is 13.1. The van der Waals surface area contributed by atoms with E-state index in [1.165, 1.54) is 0 Å². The van der Waals surface area contributed by atoms with Gasteiger partial charge in [0.15, 0.2) is 0 Å². The molecule has 0 aromatic heterocycles. The van der Waals surface area contributed by atoms with E-state index in [1.807, 2.05) is 24.3 Å². The zero-order valence-corrected chi connectivity index (χ0v) is 19.3. The molecule has 1 fully saturated rings. The van der Waals surface area contributed by atoms with Gasteiger partial charge in [-0.2, -0.15) is 5.26 Å². The van der Waals surface area contributed by atoms with Crippen molar-refractivity contribution in [1.29, 1.82) is 5.26 Å². The van der Waals surface area contributed by atoms with Crippen LogP contribution in [0.15, 0.2) is 42.5 Å². The van der Waals surface area contributed by atoms with Gasteiger partial charge in [0.25, 0.3) is 0 Å². The molecule has 33 heavy (non-hydrogen) atoms. The predicted molar refractivity (Wildman–Crippen MR) is 126 cm³/mol. The number of nitrogens with zero attached hydrogens (tertiary/aromatic N) is 2. The van der Waals surface area contributed by atoms with E-state index in [0.29, 0.717) is 11.3 Å². The standard InChI is InChI=1S/C25H27N3O4S/c1-33(30,31)27-20-4-7-23-19(15-20)8-9-25(32-23)10-12-28(13-11-25)22-6-3-18-14-17(16-26)2-5-21(18)24(22)29/h2,4-5,7-9,14-15,22,24,27,29H,3,6,10-13H2,1H3/t22-,24?/m1/s1. The Morgan fingerprint density at radius 3 is 2.73 bits per heavy atom. The van der Waals surface area contributed by atoms with E-state index in [-0.39, 0.29) is 11.6 Å². The van der Waals surface area contributed by atoms with E-state index in [1.54, 1.807) is 18.2 Å². The van der Waals surface area contributed by atoms with Gasteiger partial charge in [0, 0.05) is 43.2 Å². The second kappa shape index (κ2) is 8.17. The van der Waals surface area contributed by atoms with Crippen LogP contribution in [0.1, 0.15) is 47.6 Å². The van der Waals surface area contributed by atoms with Gasteiger partial charge >= 0.3 is 0 Å². The molecule has 8 heteroatoms. The average molecular weight is 466 g/mol. The van der Waals surface area contributed by atoms with Gasteiger partial charge in [-0.3, -0.25) is 9.62 Å². The van der Waals surface area contributed by atoms with Crippen LogP contribution >= 0.6 is 0 Å². The highest BCUT2D eigenvalue weighted by molar-refractivity contribution is 7.92. The van der Waals surface area contributed by atoms with Crippen LogP contribution in [0.4, 0.5) is 5.69 Å². The van der Waals surface area contributed by atoms with Crippen molar-refractivity contribution in [2.75, 3.05) is 24.1 Å². The minimum Gasteiger partial charge on any atom is -0.482 e. The smallest absolute Gasteiger partial charge is 0.229 e. The quantitative estimate of drug-likeness (QED) is 0.722. The molecule has 2 heterocycles. The zero-order chi connectivity index (χ0) is 23.2. The maximum Gasteiger partial charge on any atom is 0.229 e. The molecule has 3 aliphatic rings. The Labute approximate surface area is 194 Å². The number of hydrogen-bond donors (Lipinski definition) is 2. The second-order valence-corrected chi connectivity index (χ2v) is 11.0. The number of aliphatic hydroxyl groups is 1. The number of hydrogen-bond acceptors (Lipinski definition) is 6. The highest BCUT2D eigenvalue weighted by Gasteiger charge is 2.41. The largest absolute Gasteiger partial charge is 0.482 e. The lowest BCUT2D eigenvalue weighted by Gasteiger charge is -2.46. The molecular weight excluding hydrogens is 438 g/mol. The van der Waals surface area contributed by atoms with Gasteiger partial charge in [-0.15, -0.1) is 0 Å². The highest BCUT2D eigenvalue weighted by atomic mass is 32.2. The molecule has 0 saturated carbocycles. The Balaban J connectivity index is 1.26. The first kappa shape index (κ1) is 22.0. The lowest BCUT2D eigenvalue weighted by atomic mass is 9.82. The molecule has 1 spiro atoms. The third-order valence-corrected chi connectivity index (χ3v) is 7.58. The van der Waals surface area contributed by atoms with Crippen LogP contribution in [0, 0.1) is 11.3 Å². The van der Waals surface area contributed by atoms with Crippen molar-refractivity contribution >= 4 is 21.8 Å².